The van der Waals surface area contributed by atoms with Gasteiger partial charge in [0.15, 0.2) is 5.82 Å². The highest BCUT2D eigenvalue weighted by atomic mass is 16.5. The van der Waals surface area contributed by atoms with Crippen LogP contribution in [0.3, 0.4) is 0 Å². The monoisotopic (exact) mass is 271 g/mol. The number of nitrogen functional groups attached to an aromatic ring is 1. The summed E-state index contributed by atoms with van der Waals surface area (Å²) in [5.41, 5.74) is 6.75. The van der Waals surface area contributed by atoms with Gasteiger partial charge in [0.05, 0.1) is 6.61 Å². The van der Waals surface area contributed by atoms with E-state index in [-0.39, 0.29) is 0 Å². The van der Waals surface area contributed by atoms with Gasteiger partial charge in [0.2, 0.25) is 5.88 Å². The molecule has 0 aliphatic heterocycles. The first-order valence-electron chi connectivity index (χ1n) is 6.98. The Morgan fingerprint density at radius 3 is 2.60 bits per heavy atom. The largest absolute Gasteiger partial charge is 0.478 e. The first-order valence-corrected chi connectivity index (χ1v) is 6.98. The minimum Gasteiger partial charge on any atom is -0.478 e. The van der Waals surface area contributed by atoms with Crippen LogP contribution in [0.4, 0.5) is 5.82 Å². The molecule has 0 aliphatic carbocycles. The third-order valence-corrected chi connectivity index (χ3v) is 2.93. The van der Waals surface area contributed by atoms with E-state index in [1.807, 2.05) is 30.3 Å². The number of nitrogens with zero attached hydrogens (tertiary/aromatic N) is 2. The molecule has 2 aromatic rings. The molecule has 0 radical (unpaired) electrons. The number of ether oxygens (including phenoxy) is 1. The van der Waals surface area contributed by atoms with Gasteiger partial charge < -0.3 is 10.5 Å². The molecule has 0 unspecified atom stereocenters. The fourth-order valence-electron chi connectivity index (χ4n) is 1.90. The van der Waals surface area contributed by atoms with Crippen LogP contribution in [0.5, 0.6) is 5.88 Å². The Hall–Kier alpha value is -2.10. The standard InChI is InChI=1S/C16H21N3O/c1-12(2)7-6-10-20-15-11-14(17)18-16(19-15)13-8-4-3-5-9-13/h3-5,8-9,11-12H,6-7,10H2,1-2H3,(H2,17,18,19). The summed E-state index contributed by atoms with van der Waals surface area (Å²) in [5, 5.41) is 0. The van der Waals surface area contributed by atoms with E-state index in [2.05, 4.69) is 23.8 Å². The molecule has 20 heavy (non-hydrogen) atoms. The molecule has 0 bridgehead atoms. The van der Waals surface area contributed by atoms with Gasteiger partial charge >= 0.3 is 0 Å². The SMILES string of the molecule is CC(C)CCCOc1cc(N)nc(-c2ccccc2)n1. The van der Waals surface area contributed by atoms with Gasteiger partial charge in [-0.2, -0.15) is 4.98 Å². The van der Waals surface area contributed by atoms with E-state index in [1.54, 1.807) is 6.07 Å². The minimum absolute atomic E-state index is 0.428. The molecule has 0 saturated heterocycles. The van der Waals surface area contributed by atoms with Crippen molar-refractivity contribution in [2.75, 3.05) is 12.3 Å². The zero-order valence-electron chi connectivity index (χ0n) is 12.0. The van der Waals surface area contributed by atoms with Crippen molar-refractivity contribution < 1.29 is 4.74 Å². The predicted octanol–water partition coefficient (Wildman–Crippen LogP) is 3.54. The molecular weight excluding hydrogens is 250 g/mol. The van der Waals surface area contributed by atoms with E-state index in [0.29, 0.717) is 30.0 Å². The summed E-state index contributed by atoms with van der Waals surface area (Å²) in [6.07, 6.45) is 2.16. The number of rotatable bonds is 6. The van der Waals surface area contributed by atoms with Gasteiger partial charge in [0.25, 0.3) is 0 Å². The van der Waals surface area contributed by atoms with Crippen LogP contribution in [0.1, 0.15) is 26.7 Å². The van der Waals surface area contributed by atoms with E-state index in [1.165, 1.54) is 0 Å². The summed E-state index contributed by atoms with van der Waals surface area (Å²) in [5.74, 6) is 2.26. The summed E-state index contributed by atoms with van der Waals surface area (Å²) >= 11 is 0. The van der Waals surface area contributed by atoms with Crippen LogP contribution in [0, 0.1) is 5.92 Å². The van der Waals surface area contributed by atoms with Crippen molar-refractivity contribution in [2.24, 2.45) is 5.92 Å². The maximum atomic E-state index is 5.82. The number of hydrogen-bond donors (Lipinski definition) is 1. The lowest BCUT2D eigenvalue weighted by molar-refractivity contribution is 0.287. The summed E-state index contributed by atoms with van der Waals surface area (Å²) in [6.45, 7) is 5.06. The maximum Gasteiger partial charge on any atom is 0.219 e. The van der Waals surface area contributed by atoms with Crippen molar-refractivity contribution in [1.82, 2.24) is 9.97 Å². The van der Waals surface area contributed by atoms with Crippen LogP contribution >= 0.6 is 0 Å². The zero-order chi connectivity index (χ0) is 14.4. The van der Waals surface area contributed by atoms with E-state index < -0.39 is 0 Å². The van der Waals surface area contributed by atoms with Crippen LogP contribution < -0.4 is 10.5 Å². The highest BCUT2D eigenvalue weighted by molar-refractivity contribution is 5.57. The van der Waals surface area contributed by atoms with Crippen LogP contribution in [0.15, 0.2) is 36.4 Å². The van der Waals surface area contributed by atoms with Gasteiger partial charge in [-0.25, -0.2) is 4.98 Å². The molecule has 1 heterocycles. The van der Waals surface area contributed by atoms with Gasteiger partial charge in [-0.05, 0) is 18.8 Å². The van der Waals surface area contributed by atoms with E-state index in [9.17, 15) is 0 Å². The summed E-state index contributed by atoms with van der Waals surface area (Å²) in [7, 11) is 0. The lowest BCUT2D eigenvalue weighted by atomic mass is 10.1. The Balaban J connectivity index is 2.05. The Bertz CT molecular complexity index is 541. The van der Waals surface area contributed by atoms with Crippen LogP contribution in [0.2, 0.25) is 0 Å². The minimum atomic E-state index is 0.428. The molecule has 2 N–H and O–H groups in total. The quantitative estimate of drug-likeness (QED) is 0.816. The Kier molecular flexibility index (Phi) is 4.93. The molecule has 1 aromatic carbocycles. The number of nitrogens with two attached hydrogens (primary N) is 1. The molecule has 2 rings (SSSR count). The molecule has 4 nitrogen and oxygen atoms in total. The lowest BCUT2D eigenvalue weighted by Crippen LogP contribution is -2.04. The average Bonchev–Trinajstić information content (AvgIpc) is 2.44. The maximum absolute atomic E-state index is 5.82. The molecule has 0 fully saturated rings. The predicted molar refractivity (Wildman–Crippen MR) is 81.4 cm³/mol. The first-order chi connectivity index (χ1) is 9.65. The van der Waals surface area contributed by atoms with Gasteiger partial charge in [0.1, 0.15) is 5.82 Å². The van der Waals surface area contributed by atoms with Crippen LogP contribution in [-0.4, -0.2) is 16.6 Å². The second kappa shape index (κ2) is 6.89. The van der Waals surface area contributed by atoms with Crippen LogP contribution in [-0.2, 0) is 0 Å². The van der Waals surface area contributed by atoms with Crippen molar-refractivity contribution >= 4 is 5.82 Å². The summed E-state index contributed by atoms with van der Waals surface area (Å²) < 4.78 is 5.67. The van der Waals surface area contributed by atoms with Crippen molar-refractivity contribution in [2.45, 2.75) is 26.7 Å². The zero-order valence-corrected chi connectivity index (χ0v) is 12.0. The molecule has 0 spiro atoms. The van der Waals surface area contributed by atoms with Gasteiger partial charge in [-0.3, -0.25) is 0 Å². The van der Waals surface area contributed by atoms with Crippen molar-refractivity contribution in [1.29, 1.82) is 0 Å². The van der Waals surface area contributed by atoms with E-state index >= 15 is 0 Å². The molecule has 0 aliphatic rings. The normalized spacial score (nSPS) is 10.8. The van der Waals surface area contributed by atoms with Crippen LogP contribution in [0.25, 0.3) is 11.4 Å². The molecular formula is C16H21N3O. The summed E-state index contributed by atoms with van der Waals surface area (Å²) in [4.78, 5) is 8.65. The first kappa shape index (κ1) is 14.3. The molecule has 106 valence electrons. The fourth-order valence-corrected chi connectivity index (χ4v) is 1.90. The summed E-state index contributed by atoms with van der Waals surface area (Å²) in [6, 6.07) is 11.4. The van der Waals surface area contributed by atoms with Crippen molar-refractivity contribution in [3.63, 3.8) is 0 Å². The Morgan fingerprint density at radius 2 is 1.90 bits per heavy atom. The molecule has 1 aromatic heterocycles. The Labute approximate surface area is 120 Å². The topological polar surface area (TPSA) is 61.0 Å². The average molecular weight is 271 g/mol. The number of anilines is 1. The Morgan fingerprint density at radius 1 is 1.15 bits per heavy atom. The van der Waals surface area contributed by atoms with Crippen molar-refractivity contribution in [3.05, 3.63) is 36.4 Å². The number of aromatic nitrogens is 2. The van der Waals surface area contributed by atoms with Gasteiger partial charge in [0, 0.05) is 11.6 Å². The van der Waals surface area contributed by atoms with Gasteiger partial charge in [-0.15, -0.1) is 0 Å². The second-order valence-corrected chi connectivity index (χ2v) is 5.21. The molecule has 4 heteroatoms. The van der Waals surface area contributed by atoms with Crippen molar-refractivity contribution in [3.8, 4) is 17.3 Å². The highest BCUT2D eigenvalue weighted by Gasteiger charge is 2.06. The van der Waals surface area contributed by atoms with E-state index in [0.717, 1.165) is 18.4 Å². The molecule has 0 atom stereocenters. The molecule has 0 saturated carbocycles. The lowest BCUT2D eigenvalue weighted by Gasteiger charge is -2.09. The molecule has 0 amide bonds. The number of benzene rings is 1. The fraction of sp³-hybridized carbons (Fsp3) is 0.375. The van der Waals surface area contributed by atoms with E-state index in [4.69, 9.17) is 10.5 Å². The second-order valence-electron chi connectivity index (χ2n) is 5.21. The smallest absolute Gasteiger partial charge is 0.219 e. The third-order valence-electron chi connectivity index (χ3n) is 2.93. The van der Waals surface area contributed by atoms with Gasteiger partial charge in [-0.1, -0.05) is 44.2 Å². The third kappa shape index (κ3) is 4.23. The highest BCUT2D eigenvalue weighted by Crippen LogP contribution is 2.20. The number of hydrogen-bond acceptors (Lipinski definition) is 4.